The van der Waals surface area contributed by atoms with Crippen LogP contribution in [-0.4, -0.2) is 12.5 Å². The summed E-state index contributed by atoms with van der Waals surface area (Å²) in [7, 11) is 0. The van der Waals surface area contributed by atoms with Gasteiger partial charge in [-0.05, 0) is 37.6 Å². The molecule has 15 heavy (non-hydrogen) atoms. The molecule has 80 valence electrons. The predicted molar refractivity (Wildman–Crippen MR) is 63.0 cm³/mol. The van der Waals surface area contributed by atoms with Gasteiger partial charge in [0.05, 0.1) is 0 Å². The van der Waals surface area contributed by atoms with Gasteiger partial charge in [0.2, 0.25) is 5.91 Å². The first-order chi connectivity index (χ1) is 7.00. The number of nitrogens with one attached hydrogen (secondary N) is 1. The van der Waals surface area contributed by atoms with E-state index in [9.17, 15) is 4.79 Å². The molecule has 0 saturated heterocycles. The number of nitrogens with two attached hydrogens (primary N) is 1. The molecule has 0 aromatic heterocycles. The molecule has 1 rings (SSSR count). The Labute approximate surface area is 90.0 Å². The van der Waals surface area contributed by atoms with E-state index < -0.39 is 0 Å². The standard InChI is InChI=1S/C12H16N2O/c1-8(2)7-14-10-4-5-11(12(13)15)9(3)6-10/h4-6,14H,1,7H2,2-3H3,(H2,13,15). The average Bonchev–Trinajstić information content (AvgIpc) is 2.14. The molecule has 1 aromatic rings. The number of hydrogen-bond donors (Lipinski definition) is 2. The van der Waals surface area contributed by atoms with Gasteiger partial charge in [0.25, 0.3) is 0 Å². The van der Waals surface area contributed by atoms with Crippen molar-refractivity contribution < 1.29 is 4.79 Å². The molecule has 3 N–H and O–H groups in total. The third-order valence-electron chi connectivity index (χ3n) is 2.09. The summed E-state index contributed by atoms with van der Waals surface area (Å²) in [4.78, 5) is 11.0. The van der Waals surface area contributed by atoms with E-state index in [1.165, 1.54) is 0 Å². The lowest BCUT2D eigenvalue weighted by atomic mass is 10.1. The number of amides is 1. The summed E-state index contributed by atoms with van der Waals surface area (Å²) in [5, 5.41) is 3.20. The van der Waals surface area contributed by atoms with Crippen molar-refractivity contribution in [1.82, 2.24) is 0 Å². The van der Waals surface area contributed by atoms with Crippen molar-refractivity contribution in [2.24, 2.45) is 5.73 Å². The highest BCUT2D eigenvalue weighted by Gasteiger charge is 2.04. The molecule has 0 heterocycles. The largest absolute Gasteiger partial charge is 0.381 e. The van der Waals surface area contributed by atoms with E-state index in [1.54, 1.807) is 6.07 Å². The van der Waals surface area contributed by atoms with Crippen LogP contribution in [0.5, 0.6) is 0 Å². The lowest BCUT2D eigenvalue weighted by molar-refractivity contribution is 0.1000. The second kappa shape index (κ2) is 4.64. The number of primary amides is 1. The van der Waals surface area contributed by atoms with Crippen molar-refractivity contribution in [2.75, 3.05) is 11.9 Å². The van der Waals surface area contributed by atoms with Gasteiger partial charge < -0.3 is 11.1 Å². The number of carbonyl (C=O) groups is 1. The molecular formula is C12H16N2O. The highest BCUT2D eigenvalue weighted by molar-refractivity contribution is 5.94. The van der Waals surface area contributed by atoms with Crippen LogP contribution in [0, 0.1) is 6.92 Å². The molecule has 0 atom stereocenters. The van der Waals surface area contributed by atoms with Crippen LogP contribution in [0.25, 0.3) is 0 Å². The van der Waals surface area contributed by atoms with Crippen LogP contribution in [0.4, 0.5) is 5.69 Å². The Kier molecular flexibility index (Phi) is 3.50. The summed E-state index contributed by atoms with van der Waals surface area (Å²) in [6.07, 6.45) is 0. The molecular weight excluding hydrogens is 188 g/mol. The van der Waals surface area contributed by atoms with Crippen LogP contribution in [0.3, 0.4) is 0 Å². The molecule has 0 radical (unpaired) electrons. The molecule has 1 amide bonds. The zero-order chi connectivity index (χ0) is 11.4. The molecule has 0 bridgehead atoms. The highest BCUT2D eigenvalue weighted by atomic mass is 16.1. The van der Waals surface area contributed by atoms with E-state index in [2.05, 4.69) is 11.9 Å². The molecule has 0 saturated carbocycles. The van der Waals surface area contributed by atoms with Crippen LogP contribution in [-0.2, 0) is 0 Å². The Hall–Kier alpha value is -1.77. The normalized spacial score (nSPS) is 9.73. The Bertz CT molecular complexity index is 397. The van der Waals surface area contributed by atoms with Gasteiger partial charge >= 0.3 is 0 Å². The van der Waals surface area contributed by atoms with Crippen LogP contribution < -0.4 is 11.1 Å². The summed E-state index contributed by atoms with van der Waals surface area (Å²) in [5.74, 6) is -0.390. The first-order valence-electron chi connectivity index (χ1n) is 4.79. The van der Waals surface area contributed by atoms with E-state index in [4.69, 9.17) is 5.73 Å². The number of anilines is 1. The molecule has 0 aliphatic carbocycles. The van der Waals surface area contributed by atoms with Crippen molar-refractivity contribution in [3.63, 3.8) is 0 Å². The first kappa shape index (κ1) is 11.3. The zero-order valence-electron chi connectivity index (χ0n) is 9.13. The lowest BCUT2D eigenvalue weighted by Gasteiger charge is -2.08. The van der Waals surface area contributed by atoms with Crippen molar-refractivity contribution in [2.45, 2.75) is 13.8 Å². The van der Waals surface area contributed by atoms with Crippen molar-refractivity contribution in [1.29, 1.82) is 0 Å². The predicted octanol–water partition coefficient (Wildman–Crippen LogP) is 2.08. The van der Waals surface area contributed by atoms with Gasteiger partial charge in [0, 0.05) is 17.8 Å². The molecule has 1 aromatic carbocycles. The summed E-state index contributed by atoms with van der Waals surface area (Å²) in [6, 6.07) is 5.48. The van der Waals surface area contributed by atoms with Crippen LogP contribution >= 0.6 is 0 Å². The van der Waals surface area contributed by atoms with E-state index in [0.29, 0.717) is 5.56 Å². The van der Waals surface area contributed by atoms with Crippen molar-refractivity contribution >= 4 is 11.6 Å². The number of rotatable bonds is 4. The van der Waals surface area contributed by atoms with E-state index in [0.717, 1.165) is 23.4 Å². The van der Waals surface area contributed by atoms with Crippen LogP contribution in [0.15, 0.2) is 30.4 Å². The number of carbonyl (C=O) groups excluding carboxylic acids is 1. The smallest absolute Gasteiger partial charge is 0.248 e. The zero-order valence-corrected chi connectivity index (χ0v) is 9.13. The van der Waals surface area contributed by atoms with E-state index in [-0.39, 0.29) is 5.91 Å². The molecule has 3 heteroatoms. The Morgan fingerprint density at radius 3 is 2.67 bits per heavy atom. The quantitative estimate of drug-likeness (QED) is 0.738. The summed E-state index contributed by atoms with van der Waals surface area (Å²) in [5.41, 5.74) is 8.70. The minimum atomic E-state index is -0.390. The Morgan fingerprint density at radius 1 is 1.53 bits per heavy atom. The molecule has 0 unspecified atom stereocenters. The van der Waals surface area contributed by atoms with E-state index in [1.807, 2.05) is 26.0 Å². The maximum absolute atomic E-state index is 11.0. The number of aryl methyl sites for hydroxylation is 1. The average molecular weight is 204 g/mol. The van der Waals surface area contributed by atoms with Crippen molar-refractivity contribution in [3.05, 3.63) is 41.5 Å². The van der Waals surface area contributed by atoms with Gasteiger partial charge in [-0.2, -0.15) is 0 Å². The topological polar surface area (TPSA) is 55.1 Å². The van der Waals surface area contributed by atoms with Gasteiger partial charge in [0.15, 0.2) is 0 Å². The third-order valence-corrected chi connectivity index (χ3v) is 2.09. The lowest BCUT2D eigenvalue weighted by Crippen LogP contribution is -2.13. The molecule has 0 aliphatic rings. The fourth-order valence-corrected chi connectivity index (χ4v) is 1.30. The molecule has 0 fully saturated rings. The summed E-state index contributed by atoms with van der Waals surface area (Å²) in [6.45, 7) is 8.36. The van der Waals surface area contributed by atoms with Gasteiger partial charge in [0.1, 0.15) is 0 Å². The van der Waals surface area contributed by atoms with Gasteiger partial charge in [-0.3, -0.25) is 4.79 Å². The van der Waals surface area contributed by atoms with Crippen LogP contribution in [0.1, 0.15) is 22.8 Å². The fourth-order valence-electron chi connectivity index (χ4n) is 1.30. The van der Waals surface area contributed by atoms with Crippen LogP contribution in [0.2, 0.25) is 0 Å². The molecule has 0 spiro atoms. The fraction of sp³-hybridized carbons (Fsp3) is 0.250. The Balaban J connectivity index is 2.82. The SMILES string of the molecule is C=C(C)CNc1ccc(C(N)=O)c(C)c1. The molecule has 0 aliphatic heterocycles. The maximum Gasteiger partial charge on any atom is 0.248 e. The monoisotopic (exact) mass is 204 g/mol. The van der Waals surface area contributed by atoms with Crippen molar-refractivity contribution in [3.8, 4) is 0 Å². The minimum absolute atomic E-state index is 0.390. The van der Waals surface area contributed by atoms with Gasteiger partial charge in [-0.25, -0.2) is 0 Å². The summed E-state index contributed by atoms with van der Waals surface area (Å²) < 4.78 is 0. The Morgan fingerprint density at radius 2 is 2.20 bits per heavy atom. The second-order valence-electron chi connectivity index (χ2n) is 3.70. The van der Waals surface area contributed by atoms with Gasteiger partial charge in [-0.15, -0.1) is 0 Å². The first-order valence-corrected chi connectivity index (χ1v) is 4.79. The number of benzene rings is 1. The summed E-state index contributed by atoms with van der Waals surface area (Å²) >= 11 is 0. The minimum Gasteiger partial charge on any atom is -0.381 e. The third kappa shape index (κ3) is 3.13. The second-order valence-corrected chi connectivity index (χ2v) is 3.70. The maximum atomic E-state index is 11.0. The number of hydrogen-bond acceptors (Lipinski definition) is 2. The van der Waals surface area contributed by atoms with E-state index >= 15 is 0 Å². The molecule has 3 nitrogen and oxygen atoms in total. The van der Waals surface area contributed by atoms with Gasteiger partial charge in [-0.1, -0.05) is 12.2 Å². The highest BCUT2D eigenvalue weighted by Crippen LogP contribution is 2.14.